The van der Waals surface area contributed by atoms with Gasteiger partial charge in [0.1, 0.15) is 11.5 Å². The van der Waals surface area contributed by atoms with Crippen molar-refractivity contribution in [2.45, 2.75) is 20.4 Å². The van der Waals surface area contributed by atoms with Crippen molar-refractivity contribution in [2.24, 2.45) is 0 Å². The van der Waals surface area contributed by atoms with E-state index in [2.05, 4.69) is 30.2 Å². The van der Waals surface area contributed by atoms with Crippen molar-refractivity contribution < 1.29 is 0 Å². The maximum atomic E-state index is 4.64. The van der Waals surface area contributed by atoms with E-state index in [9.17, 15) is 0 Å². The molecule has 0 amide bonds. The SMILES string of the molecule is Cc1cc(C)nc(-c2cc(NCc3cccnc3)nc3[nH]ccc23)n1. The van der Waals surface area contributed by atoms with E-state index < -0.39 is 0 Å². The van der Waals surface area contributed by atoms with Crippen LogP contribution in [0.15, 0.2) is 48.9 Å². The molecule has 0 aromatic carbocycles. The number of pyridine rings is 2. The maximum absolute atomic E-state index is 4.64. The Hall–Kier alpha value is -3.28. The molecule has 0 aliphatic carbocycles. The third kappa shape index (κ3) is 3.19. The van der Waals surface area contributed by atoms with E-state index in [0.717, 1.165) is 39.4 Å². The van der Waals surface area contributed by atoms with Crippen LogP contribution in [-0.4, -0.2) is 24.9 Å². The van der Waals surface area contributed by atoms with E-state index in [1.807, 2.05) is 56.6 Å². The van der Waals surface area contributed by atoms with E-state index in [-0.39, 0.29) is 0 Å². The number of anilines is 1. The molecule has 0 saturated carbocycles. The first kappa shape index (κ1) is 15.3. The van der Waals surface area contributed by atoms with Crippen molar-refractivity contribution in [3.05, 3.63) is 65.9 Å². The molecule has 4 aromatic rings. The van der Waals surface area contributed by atoms with Crippen LogP contribution in [-0.2, 0) is 6.54 Å². The summed E-state index contributed by atoms with van der Waals surface area (Å²) in [7, 11) is 0. The highest BCUT2D eigenvalue weighted by Gasteiger charge is 2.12. The fourth-order valence-corrected chi connectivity index (χ4v) is 2.85. The molecule has 124 valence electrons. The van der Waals surface area contributed by atoms with Crippen molar-refractivity contribution in [1.82, 2.24) is 24.9 Å². The maximum Gasteiger partial charge on any atom is 0.160 e. The third-order valence-corrected chi connectivity index (χ3v) is 3.95. The van der Waals surface area contributed by atoms with Gasteiger partial charge in [0, 0.05) is 47.5 Å². The molecule has 0 aliphatic rings. The van der Waals surface area contributed by atoms with Crippen molar-refractivity contribution in [3.8, 4) is 11.4 Å². The van der Waals surface area contributed by atoms with Crippen LogP contribution in [0.2, 0.25) is 0 Å². The molecule has 4 aromatic heterocycles. The van der Waals surface area contributed by atoms with E-state index in [0.29, 0.717) is 12.4 Å². The number of rotatable bonds is 4. The van der Waals surface area contributed by atoms with Crippen LogP contribution >= 0.6 is 0 Å². The van der Waals surface area contributed by atoms with Gasteiger partial charge in [0.2, 0.25) is 0 Å². The number of fused-ring (bicyclic) bond motifs is 1. The Kier molecular flexibility index (Phi) is 3.85. The molecule has 0 unspecified atom stereocenters. The van der Waals surface area contributed by atoms with Crippen LogP contribution in [0, 0.1) is 13.8 Å². The van der Waals surface area contributed by atoms with Gasteiger partial charge in [0.25, 0.3) is 0 Å². The average Bonchev–Trinajstić information content (AvgIpc) is 3.08. The Morgan fingerprint density at radius 1 is 1.04 bits per heavy atom. The molecule has 0 fully saturated rings. The van der Waals surface area contributed by atoms with Gasteiger partial charge in [0.15, 0.2) is 5.82 Å². The van der Waals surface area contributed by atoms with Crippen molar-refractivity contribution >= 4 is 16.9 Å². The summed E-state index contributed by atoms with van der Waals surface area (Å²) < 4.78 is 0. The van der Waals surface area contributed by atoms with E-state index in [1.54, 1.807) is 6.20 Å². The summed E-state index contributed by atoms with van der Waals surface area (Å²) in [5.41, 5.74) is 4.78. The van der Waals surface area contributed by atoms with Gasteiger partial charge >= 0.3 is 0 Å². The quantitative estimate of drug-likeness (QED) is 0.597. The second-order valence-electron chi connectivity index (χ2n) is 5.98. The zero-order chi connectivity index (χ0) is 17.2. The highest BCUT2D eigenvalue weighted by molar-refractivity contribution is 5.92. The predicted molar refractivity (Wildman–Crippen MR) is 98.2 cm³/mol. The summed E-state index contributed by atoms with van der Waals surface area (Å²) in [6, 6.07) is 9.93. The lowest BCUT2D eigenvalue weighted by Gasteiger charge is -2.09. The Bertz CT molecular complexity index is 1000. The van der Waals surface area contributed by atoms with Gasteiger partial charge in [-0.15, -0.1) is 0 Å². The Morgan fingerprint density at radius 2 is 1.88 bits per heavy atom. The van der Waals surface area contributed by atoms with Crippen molar-refractivity contribution in [2.75, 3.05) is 5.32 Å². The zero-order valence-corrected chi connectivity index (χ0v) is 14.1. The van der Waals surface area contributed by atoms with Crippen LogP contribution in [0.1, 0.15) is 17.0 Å². The van der Waals surface area contributed by atoms with Crippen molar-refractivity contribution in [1.29, 1.82) is 0 Å². The van der Waals surface area contributed by atoms with Gasteiger partial charge in [-0.3, -0.25) is 4.98 Å². The summed E-state index contributed by atoms with van der Waals surface area (Å²) in [4.78, 5) is 21.2. The minimum atomic E-state index is 0.653. The lowest BCUT2D eigenvalue weighted by molar-refractivity contribution is 1.06. The molecular weight excluding hydrogens is 312 g/mol. The van der Waals surface area contributed by atoms with E-state index >= 15 is 0 Å². The number of nitrogens with one attached hydrogen (secondary N) is 2. The van der Waals surface area contributed by atoms with Crippen LogP contribution in [0.25, 0.3) is 22.4 Å². The third-order valence-electron chi connectivity index (χ3n) is 3.95. The highest BCUT2D eigenvalue weighted by Crippen LogP contribution is 2.28. The fraction of sp³-hybridized carbons (Fsp3) is 0.158. The molecule has 4 heterocycles. The molecular formula is C19H18N6. The van der Waals surface area contributed by atoms with Gasteiger partial charge in [-0.1, -0.05) is 6.07 Å². The van der Waals surface area contributed by atoms with Gasteiger partial charge in [-0.05, 0) is 43.7 Å². The van der Waals surface area contributed by atoms with Gasteiger partial charge < -0.3 is 10.3 Å². The summed E-state index contributed by atoms with van der Waals surface area (Å²) in [6.07, 6.45) is 5.49. The number of hydrogen-bond donors (Lipinski definition) is 2. The molecule has 2 N–H and O–H groups in total. The van der Waals surface area contributed by atoms with Crippen LogP contribution in [0.3, 0.4) is 0 Å². The van der Waals surface area contributed by atoms with Crippen LogP contribution in [0.4, 0.5) is 5.82 Å². The topological polar surface area (TPSA) is 79.4 Å². The molecule has 4 rings (SSSR count). The van der Waals surface area contributed by atoms with Gasteiger partial charge in [-0.25, -0.2) is 15.0 Å². The fourth-order valence-electron chi connectivity index (χ4n) is 2.85. The van der Waals surface area contributed by atoms with Crippen LogP contribution in [0.5, 0.6) is 0 Å². The summed E-state index contributed by atoms with van der Waals surface area (Å²) in [6.45, 7) is 4.62. The summed E-state index contributed by atoms with van der Waals surface area (Å²) in [5.74, 6) is 1.49. The molecule has 0 radical (unpaired) electrons. The molecule has 25 heavy (non-hydrogen) atoms. The van der Waals surface area contributed by atoms with Gasteiger partial charge in [-0.2, -0.15) is 0 Å². The molecule has 6 heteroatoms. The molecule has 0 aliphatic heterocycles. The number of aromatic amines is 1. The van der Waals surface area contributed by atoms with Gasteiger partial charge in [0.05, 0.1) is 0 Å². The summed E-state index contributed by atoms with van der Waals surface area (Å²) in [5, 5.41) is 4.37. The largest absolute Gasteiger partial charge is 0.366 e. The van der Waals surface area contributed by atoms with E-state index in [4.69, 9.17) is 0 Å². The zero-order valence-electron chi connectivity index (χ0n) is 14.1. The molecule has 6 nitrogen and oxygen atoms in total. The normalized spacial score (nSPS) is 11.0. The lowest BCUT2D eigenvalue weighted by Crippen LogP contribution is -2.03. The van der Waals surface area contributed by atoms with Crippen molar-refractivity contribution in [3.63, 3.8) is 0 Å². The Morgan fingerprint density at radius 3 is 2.64 bits per heavy atom. The number of aromatic nitrogens is 5. The second kappa shape index (κ2) is 6.32. The monoisotopic (exact) mass is 330 g/mol. The molecule has 0 spiro atoms. The first-order valence-corrected chi connectivity index (χ1v) is 8.12. The Balaban J connectivity index is 1.74. The number of aryl methyl sites for hydroxylation is 2. The van der Waals surface area contributed by atoms with E-state index in [1.165, 1.54) is 0 Å². The highest BCUT2D eigenvalue weighted by atomic mass is 15.0. The minimum absolute atomic E-state index is 0.653. The number of nitrogens with zero attached hydrogens (tertiary/aromatic N) is 4. The first-order chi connectivity index (χ1) is 12.2. The summed E-state index contributed by atoms with van der Waals surface area (Å²) >= 11 is 0. The average molecular weight is 330 g/mol. The predicted octanol–water partition coefficient (Wildman–Crippen LogP) is 3.64. The molecule has 0 bridgehead atoms. The van der Waals surface area contributed by atoms with Crippen LogP contribution < -0.4 is 5.32 Å². The second-order valence-corrected chi connectivity index (χ2v) is 5.98. The Labute approximate surface area is 145 Å². The smallest absolute Gasteiger partial charge is 0.160 e. The number of H-pyrrole nitrogens is 1. The molecule has 0 atom stereocenters. The standard InChI is InChI=1S/C19H18N6/c1-12-8-13(2)24-19(23-12)16-9-17(25-18-15(16)5-7-21-18)22-11-14-4-3-6-20-10-14/h3-10H,11H2,1-2H3,(H2,21,22,25). The first-order valence-electron chi connectivity index (χ1n) is 8.12. The lowest BCUT2D eigenvalue weighted by atomic mass is 10.1. The number of hydrogen-bond acceptors (Lipinski definition) is 5. The molecule has 0 saturated heterocycles. The minimum Gasteiger partial charge on any atom is -0.366 e.